The van der Waals surface area contributed by atoms with Gasteiger partial charge < -0.3 is 120 Å². The number of carboxylic acid groups (broad SMARTS) is 2. The number of hydrogen-bond donors (Lipinski definition) is 16. The van der Waals surface area contributed by atoms with E-state index in [2.05, 4.69) is 0 Å². The van der Waals surface area contributed by atoms with Crippen LogP contribution in [0, 0.1) is 5.92 Å². The standard InChI is InChI=1S/C48H34O32/c49-15-1-9(2-16(50)27(15)57)42(67)80-48-40-39-36(76-46(71)13(7-22(55)56)24-26-12(45(70)79-40)5-20(54)31(61)38(26)77-47(72)33(24)63)21(74-48)8-73-43(68)10-3-17(51)28(58)32(62)23(10)25-11(44(69)78-39)4-19(53)30(60)37(25)75-35-14(41(65)66)6-18(52)29(59)34(35)64/h1-6,13,21,24,33,36,39-40,48-54,57-64H,7-8H2,(H,55,56)(H,65,66). The van der Waals surface area contributed by atoms with Crippen molar-refractivity contribution in [2.75, 3.05) is 6.61 Å². The normalized spacial score (nSPS) is 22.3. The monoisotopic (exact) mass is 1120 g/mol. The number of aliphatic hydroxyl groups excluding tert-OH is 1. The number of carbonyl (C=O) groups excluding carboxylic acids is 6. The van der Waals surface area contributed by atoms with Crippen molar-refractivity contribution < 1.29 is 158 Å². The Hall–Kier alpha value is -11.0. The Balaban J connectivity index is 1.33. The van der Waals surface area contributed by atoms with E-state index >= 15 is 4.79 Å². The van der Waals surface area contributed by atoms with E-state index in [0.717, 1.165) is 0 Å². The zero-order valence-electron chi connectivity index (χ0n) is 39.2. The molecule has 16 N–H and O–H groups in total. The van der Waals surface area contributed by atoms with Gasteiger partial charge in [0.05, 0.1) is 34.6 Å². The highest BCUT2D eigenvalue weighted by Gasteiger charge is 2.58. The minimum atomic E-state index is -2.75. The van der Waals surface area contributed by atoms with Gasteiger partial charge in [-0.15, -0.1) is 0 Å². The van der Waals surface area contributed by atoms with E-state index in [1.807, 2.05) is 0 Å². The Morgan fingerprint density at radius 3 is 1.74 bits per heavy atom. The van der Waals surface area contributed by atoms with Crippen LogP contribution < -0.4 is 9.47 Å². The number of phenols is 13. The number of aliphatic hydroxyl groups is 1. The van der Waals surface area contributed by atoms with E-state index in [0.29, 0.717) is 24.3 Å². The topological polar surface area (TPSA) is 534 Å². The average molecular weight is 1120 g/mol. The number of carbonyl (C=O) groups is 8. The number of aromatic hydroxyl groups is 13. The lowest BCUT2D eigenvalue weighted by Gasteiger charge is -2.44. The van der Waals surface area contributed by atoms with E-state index in [4.69, 9.17) is 37.9 Å². The Kier molecular flexibility index (Phi) is 13.1. The molecule has 0 amide bonds. The average Bonchev–Trinajstić information content (AvgIpc) is 3.58. The van der Waals surface area contributed by atoms with Crippen molar-refractivity contribution in [3.63, 3.8) is 0 Å². The Bertz CT molecular complexity index is 3580. The number of fused-ring (bicyclic) bond motifs is 3. The maximum absolute atomic E-state index is 15.2. The molecular formula is C48H34O32. The molecule has 0 saturated carbocycles. The highest BCUT2D eigenvalue weighted by Crippen LogP contribution is 2.57. The van der Waals surface area contributed by atoms with Gasteiger partial charge in [0.2, 0.25) is 41.1 Å². The SMILES string of the molecule is O=C(O)CC1C(=O)OC2C3COC(=O)c4cc(O)c(O)c(O)c4-c4c(cc(O)c(O)c4Oc4c(C(=O)O)cc(O)c(O)c4O)C(=O)OC2C(OC(=O)c2cc(O)c(O)c4c2C1C(O)C(=O)O4)C(OC(=O)c1cc(O)c(O)c(O)c1)O3. The number of aliphatic carboxylic acids is 1. The second kappa shape index (κ2) is 19.5. The van der Waals surface area contributed by atoms with Crippen LogP contribution >= 0.6 is 0 Å². The van der Waals surface area contributed by atoms with Gasteiger partial charge in [0.15, 0.2) is 81.6 Å². The number of phenolic OH excluding ortho intramolecular Hbond substituents is 13. The minimum Gasteiger partial charge on any atom is -0.504 e. The molecule has 8 unspecified atom stereocenters. The van der Waals surface area contributed by atoms with Gasteiger partial charge in [-0.05, 0) is 30.3 Å². The molecule has 4 aliphatic heterocycles. The molecule has 0 spiro atoms. The zero-order chi connectivity index (χ0) is 58.4. The lowest BCUT2D eigenvalue weighted by Crippen LogP contribution is -2.63. The van der Waals surface area contributed by atoms with Gasteiger partial charge in [0, 0.05) is 28.7 Å². The maximum atomic E-state index is 15.2. The molecule has 0 aliphatic carbocycles. The van der Waals surface area contributed by atoms with Gasteiger partial charge >= 0.3 is 47.8 Å². The third-order valence-corrected chi connectivity index (χ3v) is 12.8. The molecule has 80 heavy (non-hydrogen) atoms. The highest BCUT2D eigenvalue weighted by atomic mass is 16.7. The van der Waals surface area contributed by atoms with Crippen LogP contribution in [0.25, 0.3) is 11.1 Å². The molecule has 0 aromatic heterocycles. The molecule has 32 nitrogen and oxygen atoms in total. The Labute approximate surface area is 439 Å². The van der Waals surface area contributed by atoms with Crippen LogP contribution in [-0.2, 0) is 42.8 Å². The predicted octanol–water partition coefficient (Wildman–Crippen LogP) is 0.900. The van der Waals surface area contributed by atoms with Crippen molar-refractivity contribution in [2.24, 2.45) is 5.92 Å². The van der Waals surface area contributed by atoms with Crippen molar-refractivity contribution in [1.82, 2.24) is 0 Å². The van der Waals surface area contributed by atoms with E-state index in [1.165, 1.54) is 0 Å². The Morgan fingerprint density at radius 1 is 0.550 bits per heavy atom. The van der Waals surface area contributed by atoms with Crippen LogP contribution in [0.2, 0.25) is 0 Å². The van der Waals surface area contributed by atoms with Crippen molar-refractivity contribution in [3.05, 3.63) is 69.8 Å². The summed E-state index contributed by atoms with van der Waals surface area (Å²) < 4.78 is 44.7. The van der Waals surface area contributed by atoms with Crippen molar-refractivity contribution >= 4 is 47.8 Å². The van der Waals surface area contributed by atoms with Crippen molar-refractivity contribution in [3.8, 4) is 103 Å². The predicted molar refractivity (Wildman–Crippen MR) is 243 cm³/mol. The van der Waals surface area contributed by atoms with Crippen LogP contribution in [0.4, 0.5) is 0 Å². The fraction of sp³-hybridized carbons (Fsp3) is 0.208. The van der Waals surface area contributed by atoms with Gasteiger partial charge in [0.1, 0.15) is 18.3 Å². The quantitative estimate of drug-likeness (QED) is 0.0466. The molecule has 4 bridgehead atoms. The van der Waals surface area contributed by atoms with Gasteiger partial charge in [-0.2, -0.15) is 0 Å². The first-order valence-corrected chi connectivity index (χ1v) is 22.3. The molecular weight excluding hydrogens is 1090 g/mol. The fourth-order valence-corrected chi connectivity index (χ4v) is 9.11. The maximum Gasteiger partial charge on any atom is 0.341 e. The minimum absolute atomic E-state index is 0.235. The van der Waals surface area contributed by atoms with Crippen LogP contribution in [0.1, 0.15) is 69.7 Å². The van der Waals surface area contributed by atoms with E-state index in [-0.39, 0.29) is 12.1 Å². The van der Waals surface area contributed by atoms with Gasteiger partial charge in [-0.25, -0.2) is 28.8 Å². The first-order chi connectivity index (χ1) is 37.6. The van der Waals surface area contributed by atoms with Crippen molar-refractivity contribution in [1.29, 1.82) is 0 Å². The van der Waals surface area contributed by atoms with Crippen LogP contribution in [0.5, 0.6) is 92.0 Å². The number of benzene rings is 5. The summed E-state index contributed by atoms with van der Waals surface area (Å²) in [6.45, 7) is -1.45. The number of aromatic carboxylic acids is 1. The summed E-state index contributed by atoms with van der Waals surface area (Å²) in [6, 6.07) is 2.25. The van der Waals surface area contributed by atoms with E-state index in [1.54, 1.807) is 0 Å². The smallest absolute Gasteiger partial charge is 0.341 e. The molecule has 0 radical (unpaired) electrons. The number of cyclic esters (lactones) is 1. The molecule has 9 rings (SSSR count). The largest absolute Gasteiger partial charge is 0.504 e. The zero-order valence-corrected chi connectivity index (χ0v) is 39.2. The van der Waals surface area contributed by atoms with Gasteiger partial charge in [0.25, 0.3) is 0 Å². The number of carboxylic acids is 2. The number of hydrogen-bond acceptors (Lipinski definition) is 30. The summed E-state index contributed by atoms with van der Waals surface area (Å²) in [5.74, 6) is -42.3. The number of esters is 6. The molecule has 1 fully saturated rings. The third-order valence-electron chi connectivity index (χ3n) is 12.8. The molecule has 4 aliphatic rings. The molecule has 4 heterocycles. The number of ether oxygens (including phenoxy) is 8. The second-order valence-electron chi connectivity index (χ2n) is 17.6. The molecule has 5 aromatic rings. The second-order valence-corrected chi connectivity index (χ2v) is 17.6. The van der Waals surface area contributed by atoms with Crippen molar-refractivity contribution in [2.45, 2.75) is 49.1 Å². The first-order valence-electron chi connectivity index (χ1n) is 22.3. The van der Waals surface area contributed by atoms with E-state index in [9.17, 15) is 115 Å². The summed E-state index contributed by atoms with van der Waals surface area (Å²) in [5, 5.41) is 171. The van der Waals surface area contributed by atoms with Gasteiger partial charge in [-0.3, -0.25) is 9.59 Å². The van der Waals surface area contributed by atoms with Gasteiger partial charge in [-0.1, -0.05) is 0 Å². The molecule has 32 heteroatoms. The third kappa shape index (κ3) is 8.80. The summed E-state index contributed by atoms with van der Waals surface area (Å²) in [4.78, 5) is 111. The number of rotatable bonds is 7. The van der Waals surface area contributed by atoms with Crippen LogP contribution in [0.15, 0.2) is 36.4 Å². The molecule has 5 aromatic carbocycles. The summed E-state index contributed by atoms with van der Waals surface area (Å²) >= 11 is 0. The summed E-state index contributed by atoms with van der Waals surface area (Å²) in [5.41, 5.74) is -9.40. The first kappa shape index (κ1) is 53.8. The van der Waals surface area contributed by atoms with Crippen LogP contribution in [-0.4, -0.2) is 173 Å². The van der Waals surface area contributed by atoms with Crippen LogP contribution in [0.3, 0.4) is 0 Å². The Morgan fingerprint density at radius 2 is 1.10 bits per heavy atom. The summed E-state index contributed by atoms with van der Waals surface area (Å²) in [6.07, 6.45) is -17.2. The molecule has 1 saturated heterocycles. The lowest BCUT2D eigenvalue weighted by atomic mass is 9.76. The summed E-state index contributed by atoms with van der Waals surface area (Å²) in [7, 11) is 0. The molecule has 8 atom stereocenters. The fourth-order valence-electron chi connectivity index (χ4n) is 9.11. The lowest BCUT2D eigenvalue weighted by molar-refractivity contribution is -0.287. The molecule has 418 valence electrons. The highest BCUT2D eigenvalue weighted by molar-refractivity contribution is 6.09. The van der Waals surface area contributed by atoms with E-state index < -0.39 is 246 Å².